The highest BCUT2D eigenvalue weighted by Crippen LogP contribution is 2.32. The molecule has 0 aromatic carbocycles. The summed E-state index contributed by atoms with van der Waals surface area (Å²) >= 11 is 0. The van der Waals surface area contributed by atoms with Crippen molar-refractivity contribution in [2.24, 2.45) is 42.7 Å². The number of oxime groups is 1. The van der Waals surface area contributed by atoms with Crippen molar-refractivity contribution >= 4 is 37.8 Å². The van der Waals surface area contributed by atoms with Gasteiger partial charge in [0.15, 0.2) is 0 Å². The molecule has 2 rings (SSSR count). The minimum atomic E-state index is -0.781. The molecule has 7 N–H and O–H groups in total. The van der Waals surface area contributed by atoms with E-state index in [4.69, 9.17) is 45.1 Å². The number of aliphatic imine (C=N–C) groups is 3. The molecular formula is C41H78N9O7P. The van der Waals surface area contributed by atoms with E-state index in [0.29, 0.717) is 83.6 Å². The second-order valence-corrected chi connectivity index (χ2v) is 16.6. The zero-order valence-corrected chi connectivity index (χ0v) is 36.9. The average molecular weight is 840 g/mol. The van der Waals surface area contributed by atoms with E-state index >= 15 is 0 Å². The Labute approximate surface area is 350 Å². The van der Waals surface area contributed by atoms with Crippen LogP contribution in [0.1, 0.15) is 103 Å². The molecule has 0 spiro atoms. The van der Waals surface area contributed by atoms with Crippen molar-refractivity contribution in [2.75, 3.05) is 99.1 Å². The fourth-order valence-electron chi connectivity index (χ4n) is 6.61. The van der Waals surface area contributed by atoms with Crippen molar-refractivity contribution in [3.8, 4) is 0 Å². The molecule has 17 heteroatoms. The molecule has 0 saturated heterocycles. The summed E-state index contributed by atoms with van der Waals surface area (Å²) in [5.74, 6) is 6.67. The highest BCUT2D eigenvalue weighted by Gasteiger charge is 2.24. The van der Waals surface area contributed by atoms with Gasteiger partial charge in [0.1, 0.15) is 18.2 Å². The van der Waals surface area contributed by atoms with E-state index in [1.54, 1.807) is 19.5 Å². The van der Waals surface area contributed by atoms with Crippen LogP contribution in [-0.4, -0.2) is 146 Å². The lowest BCUT2D eigenvalue weighted by Crippen LogP contribution is -2.37. The van der Waals surface area contributed by atoms with Crippen molar-refractivity contribution in [1.82, 2.24) is 10.9 Å². The molecule has 2 fully saturated rings. The Bertz CT molecular complexity index is 1210. The SMILES string of the molecule is CCCOCCOCCOCCN=C/C(COCCCCCCCCOCCO/N=C1\CCC(N=C(N)C(C=NC)=CNNC2CCC(CCCP(C)O)C2)C1)=N\N. The molecule has 16 nitrogen and oxygen atoms in total. The second kappa shape index (κ2) is 36.3. The monoisotopic (exact) mass is 840 g/mol. The first-order valence-electron chi connectivity index (χ1n) is 21.6. The van der Waals surface area contributed by atoms with E-state index in [2.05, 4.69) is 38.0 Å². The Hall–Kier alpha value is -2.56. The molecule has 0 heterocycles. The highest BCUT2D eigenvalue weighted by atomic mass is 31.1. The lowest BCUT2D eigenvalue weighted by molar-refractivity contribution is 0.0162. The van der Waals surface area contributed by atoms with Gasteiger partial charge in [-0.3, -0.25) is 15.0 Å². The van der Waals surface area contributed by atoms with Crippen LogP contribution in [0.3, 0.4) is 0 Å². The number of nitrogens with two attached hydrogens (primary N) is 2. The van der Waals surface area contributed by atoms with E-state index < -0.39 is 8.15 Å². The quantitative estimate of drug-likeness (QED) is 0.0138. The molecule has 4 unspecified atom stereocenters. The predicted octanol–water partition coefficient (Wildman–Crippen LogP) is 5.13. The summed E-state index contributed by atoms with van der Waals surface area (Å²) < 4.78 is 27.8. The molecule has 4 atom stereocenters. The van der Waals surface area contributed by atoms with Gasteiger partial charge in [0.05, 0.1) is 70.1 Å². The smallest absolute Gasteiger partial charge is 0.140 e. The van der Waals surface area contributed by atoms with Crippen molar-refractivity contribution in [2.45, 2.75) is 115 Å². The molecule has 58 heavy (non-hydrogen) atoms. The number of unbranched alkanes of at least 4 members (excludes halogenated alkanes) is 5. The van der Waals surface area contributed by atoms with Crippen LogP contribution in [0.25, 0.3) is 0 Å². The van der Waals surface area contributed by atoms with Gasteiger partial charge in [0.2, 0.25) is 0 Å². The first kappa shape index (κ1) is 51.6. The van der Waals surface area contributed by atoms with Crippen molar-refractivity contribution in [1.29, 1.82) is 0 Å². The van der Waals surface area contributed by atoms with E-state index in [9.17, 15) is 4.89 Å². The van der Waals surface area contributed by atoms with Gasteiger partial charge in [-0.25, -0.2) is 5.43 Å². The molecule has 334 valence electrons. The number of rotatable bonds is 37. The largest absolute Gasteiger partial charge is 0.393 e. The first-order chi connectivity index (χ1) is 28.4. The number of amidine groups is 1. The standard InChI is InChI=1S/C41H78N9O7P/c1-4-18-52-22-24-55-25-23-54-21-17-45-33-40(48-43)34-56-20-10-8-6-5-7-9-19-53-26-27-57-50-39-16-15-37(30-39)47-41(42)36(31-44-2)32-46-49-38-14-13-35(29-38)12-11-28-58(3)51/h31-33,35,37-38,46,49,51H,4-30,34,43H2,1-3H3,(H2,42,47)/b36-32?,44-31?,45-33?,48-40+,50-39+. The summed E-state index contributed by atoms with van der Waals surface area (Å²) in [7, 11) is 0.949. The predicted molar refractivity (Wildman–Crippen MR) is 239 cm³/mol. The molecule has 0 aliphatic heterocycles. The molecular weight excluding hydrogens is 761 g/mol. The van der Waals surface area contributed by atoms with Gasteiger partial charge in [0.25, 0.3) is 0 Å². The third-order valence-corrected chi connectivity index (χ3v) is 10.7. The first-order valence-corrected chi connectivity index (χ1v) is 23.6. The van der Waals surface area contributed by atoms with Crippen LogP contribution in [0.5, 0.6) is 0 Å². The van der Waals surface area contributed by atoms with Gasteiger partial charge in [-0.15, -0.1) is 0 Å². The Morgan fingerprint density at radius 3 is 2.26 bits per heavy atom. The number of hydrazine groups is 1. The van der Waals surface area contributed by atoms with Gasteiger partial charge in [0, 0.05) is 66.1 Å². The minimum absolute atomic E-state index is 0.0736. The molecule has 0 bridgehead atoms. The van der Waals surface area contributed by atoms with E-state index in [-0.39, 0.29) is 6.04 Å². The van der Waals surface area contributed by atoms with Gasteiger partial charge in [-0.2, -0.15) is 5.10 Å². The maximum atomic E-state index is 9.57. The van der Waals surface area contributed by atoms with Crippen LogP contribution in [0, 0.1) is 5.92 Å². The van der Waals surface area contributed by atoms with Gasteiger partial charge in [-0.05, 0) is 83.0 Å². The van der Waals surface area contributed by atoms with Gasteiger partial charge >= 0.3 is 0 Å². The third kappa shape index (κ3) is 28.0. The molecule has 2 saturated carbocycles. The lowest BCUT2D eigenvalue weighted by Gasteiger charge is -2.14. The van der Waals surface area contributed by atoms with Crippen LogP contribution < -0.4 is 22.4 Å². The maximum Gasteiger partial charge on any atom is 0.140 e. The highest BCUT2D eigenvalue weighted by molar-refractivity contribution is 7.50. The number of hydrogen-bond donors (Lipinski definition) is 5. The van der Waals surface area contributed by atoms with Crippen molar-refractivity contribution in [3.63, 3.8) is 0 Å². The summed E-state index contributed by atoms with van der Waals surface area (Å²) in [6.07, 6.45) is 22.1. The topological polar surface area (TPSA) is 214 Å². The molecule has 2 aliphatic carbocycles. The Kier molecular flexibility index (Phi) is 32.3. The summed E-state index contributed by atoms with van der Waals surface area (Å²) in [6.45, 7) is 10.8. The normalized spacial score (nSPS) is 20.7. The molecule has 0 radical (unpaired) electrons. The third-order valence-electron chi connectivity index (χ3n) is 9.73. The van der Waals surface area contributed by atoms with E-state index in [1.165, 1.54) is 25.7 Å². The van der Waals surface area contributed by atoms with Crippen molar-refractivity contribution in [3.05, 3.63) is 11.8 Å². The fourth-order valence-corrected chi connectivity index (χ4v) is 7.25. The minimum Gasteiger partial charge on any atom is -0.393 e. The molecule has 0 aromatic rings. The van der Waals surface area contributed by atoms with E-state index in [0.717, 1.165) is 107 Å². The molecule has 2 aliphatic rings. The number of nitrogens with one attached hydrogen (secondary N) is 2. The summed E-state index contributed by atoms with van der Waals surface area (Å²) in [4.78, 5) is 28.4. The van der Waals surface area contributed by atoms with Crippen LogP contribution in [0.15, 0.2) is 37.0 Å². The number of hydrazone groups is 1. The van der Waals surface area contributed by atoms with Crippen LogP contribution in [0.2, 0.25) is 0 Å². The summed E-state index contributed by atoms with van der Waals surface area (Å²) in [6, 6.07) is 0.495. The Morgan fingerprint density at radius 2 is 1.53 bits per heavy atom. The number of ether oxygens (including phenoxy) is 5. The number of nitrogens with zero attached hydrogens (tertiary/aromatic N) is 5. The van der Waals surface area contributed by atoms with Crippen LogP contribution in [0.4, 0.5) is 0 Å². The molecule has 0 aromatic heterocycles. The average Bonchev–Trinajstić information content (AvgIpc) is 3.87. The molecule has 0 amide bonds. The number of hydrogen-bond acceptors (Lipinski definition) is 15. The summed E-state index contributed by atoms with van der Waals surface area (Å²) in [5, 5.41) is 8.10. The zero-order valence-electron chi connectivity index (χ0n) is 36.0. The Balaban J connectivity index is 1.42. The van der Waals surface area contributed by atoms with Crippen LogP contribution in [-0.2, 0) is 28.5 Å². The van der Waals surface area contributed by atoms with Gasteiger partial charge in [-0.1, -0.05) is 37.8 Å². The maximum absolute atomic E-state index is 9.57. The van der Waals surface area contributed by atoms with E-state index in [1.807, 2.05) is 12.9 Å². The van der Waals surface area contributed by atoms with Crippen LogP contribution >= 0.6 is 8.15 Å². The lowest BCUT2D eigenvalue weighted by atomic mass is 10.0. The zero-order chi connectivity index (χ0) is 41.7. The Morgan fingerprint density at radius 1 is 0.845 bits per heavy atom. The van der Waals surface area contributed by atoms with Gasteiger partial charge < -0.3 is 50.4 Å². The summed E-state index contributed by atoms with van der Waals surface area (Å²) in [5.41, 5.74) is 15.4. The fraction of sp³-hybridized carbons (Fsp3) is 0.829. The van der Waals surface area contributed by atoms with Crippen molar-refractivity contribution < 1.29 is 33.4 Å². The second-order valence-electron chi connectivity index (χ2n) is 14.9.